The molecule has 0 spiro atoms. The number of hydrogen-bond donors (Lipinski definition) is 1. The van der Waals surface area contributed by atoms with Crippen molar-refractivity contribution in [2.24, 2.45) is 0 Å². The van der Waals surface area contributed by atoms with E-state index >= 15 is 0 Å². The van der Waals surface area contributed by atoms with Crippen LogP contribution in [-0.2, 0) is 0 Å². The van der Waals surface area contributed by atoms with Crippen LogP contribution in [0, 0.1) is 0 Å². The molecule has 2 fully saturated rings. The highest BCUT2D eigenvalue weighted by Gasteiger charge is 2.34. The Balaban J connectivity index is 1.66. The molecule has 1 unspecified atom stereocenters. The molecule has 104 valence electrons. The molecule has 2 aliphatic rings. The summed E-state index contributed by atoms with van der Waals surface area (Å²) in [5.41, 5.74) is 0. The first kappa shape index (κ1) is 13.1. The summed E-state index contributed by atoms with van der Waals surface area (Å²) in [6.07, 6.45) is 3.95. The van der Waals surface area contributed by atoms with Gasteiger partial charge < -0.3 is 5.32 Å². The predicted octanol–water partition coefficient (Wildman–Crippen LogP) is 2.90. The first-order valence-electron chi connectivity index (χ1n) is 7.17. The normalized spacial score (nSPS) is 24.1. The maximum atomic E-state index is 6.07. The van der Waals surface area contributed by atoms with Crippen molar-refractivity contribution in [3.63, 3.8) is 0 Å². The van der Waals surface area contributed by atoms with Gasteiger partial charge in [0.15, 0.2) is 0 Å². The van der Waals surface area contributed by atoms with E-state index in [0.29, 0.717) is 17.1 Å². The Bertz CT molecular complexity index is 459. The minimum absolute atomic E-state index is 0.297. The third-order valence-corrected chi connectivity index (χ3v) is 4.06. The zero-order valence-electron chi connectivity index (χ0n) is 11.6. The second-order valence-electron chi connectivity index (χ2n) is 5.94. The summed E-state index contributed by atoms with van der Waals surface area (Å²) in [5.74, 6) is 1.98. The average molecular weight is 281 g/mol. The van der Waals surface area contributed by atoms with Crippen LogP contribution in [0.2, 0.25) is 5.15 Å². The smallest absolute Gasteiger partial charge is 0.135 e. The largest absolute Gasteiger partial charge is 0.366 e. The fourth-order valence-corrected chi connectivity index (χ4v) is 2.84. The second kappa shape index (κ2) is 5.25. The van der Waals surface area contributed by atoms with Crippen LogP contribution in [0.15, 0.2) is 6.07 Å². The van der Waals surface area contributed by atoms with Gasteiger partial charge >= 0.3 is 0 Å². The molecule has 0 aromatic carbocycles. The molecule has 2 heterocycles. The number of likely N-dealkylation sites (tertiary alicyclic amines) is 1. The van der Waals surface area contributed by atoms with Gasteiger partial charge in [0.1, 0.15) is 16.8 Å². The third-order valence-electron chi connectivity index (χ3n) is 3.86. The van der Waals surface area contributed by atoms with Crippen molar-refractivity contribution >= 4 is 17.4 Å². The Labute approximate surface area is 119 Å². The van der Waals surface area contributed by atoms with E-state index in [4.69, 9.17) is 11.6 Å². The Hall–Kier alpha value is -0.870. The molecule has 1 aliphatic heterocycles. The molecule has 1 aromatic rings. The van der Waals surface area contributed by atoms with Gasteiger partial charge in [-0.25, -0.2) is 9.97 Å². The highest BCUT2D eigenvalue weighted by atomic mass is 35.5. The van der Waals surface area contributed by atoms with Crippen molar-refractivity contribution in [2.45, 2.75) is 51.1 Å². The molecule has 1 atom stereocenters. The topological polar surface area (TPSA) is 41.1 Å². The fourth-order valence-electron chi connectivity index (χ4n) is 2.65. The van der Waals surface area contributed by atoms with Gasteiger partial charge in [0.25, 0.3) is 0 Å². The summed E-state index contributed by atoms with van der Waals surface area (Å²) >= 11 is 6.07. The Kier molecular flexibility index (Phi) is 3.63. The van der Waals surface area contributed by atoms with Crippen molar-refractivity contribution in [1.82, 2.24) is 14.9 Å². The van der Waals surface area contributed by atoms with E-state index in [2.05, 4.69) is 34.0 Å². The summed E-state index contributed by atoms with van der Waals surface area (Å²) in [5, 5.41) is 4.04. The van der Waals surface area contributed by atoms with Crippen LogP contribution in [-0.4, -0.2) is 40.0 Å². The molecule has 1 aliphatic carbocycles. The second-order valence-corrected chi connectivity index (χ2v) is 6.33. The van der Waals surface area contributed by atoms with Gasteiger partial charge in [-0.1, -0.05) is 25.4 Å². The molecule has 0 bridgehead atoms. The number of rotatable bonds is 4. The molecule has 0 amide bonds. The van der Waals surface area contributed by atoms with Crippen LogP contribution in [0.25, 0.3) is 0 Å². The van der Waals surface area contributed by atoms with E-state index in [-0.39, 0.29) is 0 Å². The minimum atomic E-state index is 0.297. The number of aromatic nitrogens is 2. The molecule has 1 N–H and O–H groups in total. The number of halogens is 1. The summed E-state index contributed by atoms with van der Waals surface area (Å²) in [6, 6.07) is 3.17. The molecule has 3 rings (SSSR count). The van der Waals surface area contributed by atoms with Crippen molar-refractivity contribution in [2.75, 3.05) is 18.4 Å². The first-order chi connectivity index (χ1) is 9.11. The van der Waals surface area contributed by atoms with E-state index < -0.39 is 0 Å². The average Bonchev–Trinajstić information content (AvgIpc) is 3.10. The molecule has 4 nitrogen and oxygen atoms in total. The number of nitrogens with zero attached hydrogens (tertiary/aromatic N) is 3. The predicted molar refractivity (Wildman–Crippen MR) is 77.8 cm³/mol. The quantitative estimate of drug-likeness (QED) is 0.861. The van der Waals surface area contributed by atoms with Gasteiger partial charge in [-0.15, -0.1) is 0 Å². The van der Waals surface area contributed by atoms with Gasteiger partial charge in [-0.2, -0.15) is 0 Å². The van der Waals surface area contributed by atoms with Crippen LogP contribution in [0.3, 0.4) is 0 Å². The molecule has 0 radical (unpaired) electrons. The monoisotopic (exact) mass is 280 g/mol. The standard InChI is InChI=1S/C14H21ClN4/c1-9(2)14-17-12(15)7-13(18-14)16-10-5-6-19(8-10)11-3-4-11/h7,9-11H,3-6,8H2,1-2H3,(H,16,17,18). The summed E-state index contributed by atoms with van der Waals surface area (Å²) in [4.78, 5) is 11.4. The highest BCUT2D eigenvalue weighted by molar-refractivity contribution is 6.29. The van der Waals surface area contributed by atoms with Crippen LogP contribution in [0.4, 0.5) is 5.82 Å². The van der Waals surface area contributed by atoms with E-state index in [9.17, 15) is 0 Å². The van der Waals surface area contributed by atoms with Crippen molar-refractivity contribution in [3.8, 4) is 0 Å². The molecular weight excluding hydrogens is 260 g/mol. The van der Waals surface area contributed by atoms with Gasteiger partial charge in [-0.3, -0.25) is 4.90 Å². The Morgan fingerprint density at radius 2 is 2.11 bits per heavy atom. The summed E-state index contributed by atoms with van der Waals surface area (Å²) < 4.78 is 0. The SMILES string of the molecule is CC(C)c1nc(Cl)cc(NC2CCN(C3CC3)C2)n1. The van der Waals surface area contributed by atoms with Crippen LogP contribution >= 0.6 is 11.6 Å². The molecule has 1 saturated heterocycles. The van der Waals surface area contributed by atoms with E-state index in [1.54, 1.807) is 0 Å². The molecule has 1 aromatic heterocycles. The molecule has 19 heavy (non-hydrogen) atoms. The third kappa shape index (κ3) is 3.18. The van der Waals surface area contributed by atoms with Crippen molar-refractivity contribution < 1.29 is 0 Å². The molecule has 5 heteroatoms. The minimum Gasteiger partial charge on any atom is -0.366 e. The van der Waals surface area contributed by atoms with E-state index in [1.165, 1.54) is 25.8 Å². The lowest BCUT2D eigenvalue weighted by Gasteiger charge is -2.17. The fraction of sp³-hybridized carbons (Fsp3) is 0.714. The lowest BCUT2D eigenvalue weighted by atomic mass is 10.2. The Morgan fingerprint density at radius 3 is 2.79 bits per heavy atom. The van der Waals surface area contributed by atoms with Crippen LogP contribution in [0.5, 0.6) is 0 Å². The lowest BCUT2D eigenvalue weighted by Crippen LogP contribution is -2.28. The van der Waals surface area contributed by atoms with Crippen molar-refractivity contribution in [1.29, 1.82) is 0 Å². The van der Waals surface area contributed by atoms with E-state index in [1.807, 2.05) is 6.07 Å². The molecular formula is C14H21ClN4. The van der Waals surface area contributed by atoms with Gasteiger partial charge in [-0.05, 0) is 19.3 Å². The van der Waals surface area contributed by atoms with Gasteiger partial charge in [0, 0.05) is 37.2 Å². The van der Waals surface area contributed by atoms with Gasteiger partial charge in [0.05, 0.1) is 0 Å². The zero-order valence-corrected chi connectivity index (χ0v) is 12.3. The maximum Gasteiger partial charge on any atom is 0.135 e. The summed E-state index contributed by atoms with van der Waals surface area (Å²) in [7, 11) is 0. The lowest BCUT2D eigenvalue weighted by molar-refractivity contribution is 0.326. The number of hydrogen-bond acceptors (Lipinski definition) is 4. The number of nitrogens with one attached hydrogen (secondary N) is 1. The zero-order chi connectivity index (χ0) is 13.4. The van der Waals surface area contributed by atoms with E-state index in [0.717, 1.165) is 24.2 Å². The number of anilines is 1. The summed E-state index contributed by atoms with van der Waals surface area (Å²) in [6.45, 7) is 6.50. The Morgan fingerprint density at radius 1 is 1.32 bits per heavy atom. The first-order valence-corrected chi connectivity index (χ1v) is 7.54. The van der Waals surface area contributed by atoms with Crippen LogP contribution in [0.1, 0.15) is 44.9 Å². The highest BCUT2D eigenvalue weighted by Crippen LogP contribution is 2.30. The van der Waals surface area contributed by atoms with Crippen LogP contribution < -0.4 is 5.32 Å². The molecule has 1 saturated carbocycles. The van der Waals surface area contributed by atoms with Gasteiger partial charge in [0.2, 0.25) is 0 Å². The van der Waals surface area contributed by atoms with Crippen molar-refractivity contribution in [3.05, 3.63) is 17.0 Å². The maximum absolute atomic E-state index is 6.07.